The van der Waals surface area contributed by atoms with Crippen LogP contribution < -0.4 is 10.6 Å². The van der Waals surface area contributed by atoms with Crippen molar-refractivity contribution in [3.63, 3.8) is 0 Å². The minimum atomic E-state index is -0.288. The highest BCUT2D eigenvalue weighted by atomic mass is 35.5. The van der Waals surface area contributed by atoms with E-state index in [1.807, 2.05) is 0 Å². The molecule has 9 heteroatoms. The lowest BCUT2D eigenvalue weighted by Gasteiger charge is -2.36. The number of hydrogen-bond donors (Lipinski definition) is 2. The molecule has 4 rings (SSSR count). The summed E-state index contributed by atoms with van der Waals surface area (Å²) in [5.41, 5.74) is 0.375. The summed E-state index contributed by atoms with van der Waals surface area (Å²) in [6.07, 6.45) is 7.75. The standard InChI is InChI=1S/C18H27N5O3.ClH/c24-16(22-5-7-26-8-6-22)12-23-11-15(10-20-23)21-17(25)18-4-2-1-3-14(18)9-19-13-18;/h10-11,14,19H,1-9,12-13H2,(H,21,25);1H/t14-,18+;/m0./s1. The van der Waals surface area contributed by atoms with Crippen LogP contribution in [0.5, 0.6) is 0 Å². The Hall–Kier alpha value is -1.64. The Morgan fingerprint density at radius 2 is 2.15 bits per heavy atom. The molecule has 0 aromatic carbocycles. The van der Waals surface area contributed by atoms with E-state index in [1.54, 1.807) is 22.0 Å². The van der Waals surface area contributed by atoms with E-state index in [0.717, 1.165) is 32.4 Å². The van der Waals surface area contributed by atoms with E-state index >= 15 is 0 Å². The Balaban J connectivity index is 0.00000210. The van der Waals surface area contributed by atoms with Crippen LogP contribution in [0.3, 0.4) is 0 Å². The number of nitrogens with one attached hydrogen (secondary N) is 2. The molecule has 3 fully saturated rings. The number of carbonyl (C=O) groups is 2. The van der Waals surface area contributed by atoms with Crippen LogP contribution in [0, 0.1) is 11.3 Å². The number of fused-ring (bicyclic) bond motifs is 1. The number of amides is 2. The number of anilines is 1. The highest BCUT2D eigenvalue weighted by molar-refractivity contribution is 5.96. The molecule has 2 N–H and O–H groups in total. The maximum absolute atomic E-state index is 13.0. The fraction of sp³-hybridized carbons (Fsp3) is 0.722. The predicted octanol–water partition coefficient (Wildman–Crippen LogP) is 0.882. The number of nitrogens with zero attached hydrogens (tertiary/aromatic N) is 3. The third kappa shape index (κ3) is 4.12. The molecule has 27 heavy (non-hydrogen) atoms. The van der Waals surface area contributed by atoms with Crippen molar-refractivity contribution in [3.05, 3.63) is 12.4 Å². The molecule has 0 bridgehead atoms. The Kier molecular flexibility index (Phi) is 6.39. The quantitative estimate of drug-likeness (QED) is 0.787. The van der Waals surface area contributed by atoms with Gasteiger partial charge in [0.15, 0.2) is 0 Å². The molecule has 2 aliphatic heterocycles. The van der Waals surface area contributed by atoms with Crippen LogP contribution in [0.2, 0.25) is 0 Å². The molecule has 1 aliphatic carbocycles. The number of morpholine rings is 1. The molecule has 0 unspecified atom stereocenters. The second kappa shape index (κ2) is 8.58. The number of aromatic nitrogens is 2. The van der Waals surface area contributed by atoms with E-state index in [0.29, 0.717) is 37.9 Å². The van der Waals surface area contributed by atoms with Gasteiger partial charge < -0.3 is 20.3 Å². The van der Waals surface area contributed by atoms with Gasteiger partial charge in [0, 0.05) is 25.8 Å². The van der Waals surface area contributed by atoms with Gasteiger partial charge >= 0.3 is 0 Å². The number of ether oxygens (including phenoxy) is 1. The molecule has 150 valence electrons. The van der Waals surface area contributed by atoms with Gasteiger partial charge in [0.2, 0.25) is 11.8 Å². The van der Waals surface area contributed by atoms with Gasteiger partial charge in [-0.25, -0.2) is 0 Å². The van der Waals surface area contributed by atoms with Gasteiger partial charge in [-0.05, 0) is 25.3 Å². The first-order chi connectivity index (χ1) is 12.7. The number of rotatable bonds is 4. The zero-order valence-electron chi connectivity index (χ0n) is 15.5. The monoisotopic (exact) mass is 397 g/mol. The topological polar surface area (TPSA) is 88.5 Å². The summed E-state index contributed by atoms with van der Waals surface area (Å²) in [6.45, 7) is 4.30. The van der Waals surface area contributed by atoms with Crippen molar-refractivity contribution in [2.45, 2.75) is 32.2 Å². The fourth-order valence-electron chi connectivity index (χ4n) is 4.51. The van der Waals surface area contributed by atoms with Crippen LogP contribution in [-0.4, -0.2) is 65.9 Å². The Morgan fingerprint density at radius 1 is 1.33 bits per heavy atom. The third-order valence-electron chi connectivity index (χ3n) is 6.04. The lowest BCUT2D eigenvalue weighted by atomic mass is 9.67. The largest absolute Gasteiger partial charge is 0.378 e. The van der Waals surface area contributed by atoms with Crippen molar-refractivity contribution in [2.75, 3.05) is 44.7 Å². The normalized spacial score (nSPS) is 27.6. The predicted molar refractivity (Wildman–Crippen MR) is 103 cm³/mol. The summed E-state index contributed by atoms with van der Waals surface area (Å²) >= 11 is 0. The first kappa shape index (κ1) is 20.1. The van der Waals surface area contributed by atoms with E-state index in [1.165, 1.54) is 6.42 Å². The maximum Gasteiger partial charge on any atom is 0.244 e. The van der Waals surface area contributed by atoms with Crippen molar-refractivity contribution in [1.82, 2.24) is 20.0 Å². The number of hydrogen-bond acceptors (Lipinski definition) is 5. The minimum Gasteiger partial charge on any atom is -0.378 e. The molecular formula is C18H28ClN5O3. The van der Waals surface area contributed by atoms with Crippen molar-refractivity contribution >= 4 is 29.9 Å². The molecule has 2 atom stereocenters. The Bertz CT molecular complexity index is 676. The van der Waals surface area contributed by atoms with Gasteiger partial charge in [0.25, 0.3) is 0 Å². The van der Waals surface area contributed by atoms with Crippen molar-refractivity contribution in [1.29, 1.82) is 0 Å². The van der Waals surface area contributed by atoms with Gasteiger partial charge in [0.1, 0.15) is 6.54 Å². The lowest BCUT2D eigenvalue weighted by molar-refractivity contribution is -0.136. The molecule has 8 nitrogen and oxygen atoms in total. The summed E-state index contributed by atoms with van der Waals surface area (Å²) in [5, 5.41) is 10.7. The van der Waals surface area contributed by atoms with Gasteiger partial charge in [0.05, 0.1) is 30.5 Å². The van der Waals surface area contributed by atoms with Crippen molar-refractivity contribution < 1.29 is 14.3 Å². The first-order valence-corrected chi connectivity index (χ1v) is 9.57. The lowest BCUT2D eigenvalue weighted by Crippen LogP contribution is -2.44. The summed E-state index contributed by atoms with van der Waals surface area (Å²) < 4.78 is 6.86. The van der Waals surface area contributed by atoms with Gasteiger partial charge in [-0.15, -0.1) is 12.4 Å². The van der Waals surface area contributed by atoms with Gasteiger partial charge in [-0.1, -0.05) is 12.8 Å². The van der Waals surface area contributed by atoms with E-state index < -0.39 is 0 Å². The van der Waals surface area contributed by atoms with Gasteiger partial charge in [-0.3, -0.25) is 14.3 Å². The summed E-state index contributed by atoms with van der Waals surface area (Å²) in [4.78, 5) is 27.1. The fourth-order valence-corrected chi connectivity index (χ4v) is 4.51. The maximum atomic E-state index is 13.0. The Morgan fingerprint density at radius 3 is 2.96 bits per heavy atom. The second-order valence-electron chi connectivity index (χ2n) is 7.60. The van der Waals surface area contributed by atoms with Crippen LogP contribution in [0.25, 0.3) is 0 Å². The highest BCUT2D eigenvalue weighted by Gasteiger charge is 2.49. The molecule has 0 spiro atoms. The second-order valence-corrected chi connectivity index (χ2v) is 7.60. The number of halogens is 1. The average Bonchev–Trinajstić information content (AvgIpc) is 3.29. The SMILES string of the molecule is Cl.O=C(Cn1cc(NC(=O)[C@@]23CCCC[C@H]2CNC3)cn1)N1CCOCC1. The van der Waals surface area contributed by atoms with Crippen LogP contribution in [0.15, 0.2) is 12.4 Å². The van der Waals surface area contributed by atoms with Gasteiger partial charge in [-0.2, -0.15) is 5.10 Å². The molecule has 3 heterocycles. The zero-order chi connectivity index (χ0) is 18.0. The third-order valence-corrected chi connectivity index (χ3v) is 6.04. The average molecular weight is 398 g/mol. The molecule has 2 amide bonds. The van der Waals surface area contributed by atoms with Crippen LogP contribution in [0.4, 0.5) is 5.69 Å². The van der Waals surface area contributed by atoms with Crippen molar-refractivity contribution in [2.24, 2.45) is 11.3 Å². The van der Waals surface area contributed by atoms with E-state index in [4.69, 9.17) is 4.74 Å². The first-order valence-electron chi connectivity index (χ1n) is 9.57. The molecular weight excluding hydrogens is 370 g/mol. The van der Waals surface area contributed by atoms with Crippen LogP contribution in [0.1, 0.15) is 25.7 Å². The van der Waals surface area contributed by atoms with E-state index in [9.17, 15) is 9.59 Å². The molecule has 1 aromatic rings. The zero-order valence-corrected chi connectivity index (χ0v) is 16.3. The van der Waals surface area contributed by atoms with E-state index in [-0.39, 0.29) is 36.2 Å². The molecule has 1 aromatic heterocycles. The van der Waals surface area contributed by atoms with Crippen LogP contribution >= 0.6 is 12.4 Å². The minimum absolute atomic E-state index is 0. The molecule has 3 aliphatic rings. The number of carbonyl (C=O) groups excluding carboxylic acids is 2. The molecule has 2 saturated heterocycles. The summed E-state index contributed by atoms with van der Waals surface area (Å²) in [7, 11) is 0. The van der Waals surface area contributed by atoms with E-state index in [2.05, 4.69) is 15.7 Å². The summed E-state index contributed by atoms with van der Waals surface area (Å²) in [5.74, 6) is 0.542. The molecule has 1 saturated carbocycles. The smallest absolute Gasteiger partial charge is 0.244 e. The molecule has 0 radical (unpaired) electrons. The summed E-state index contributed by atoms with van der Waals surface area (Å²) in [6, 6.07) is 0. The highest BCUT2D eigenvalue weighted by Crippen LogP contribution is 2.44. The van der Waals surface area contributed by atoms with Crippen LogP contribution in [-0.2, 0) is 20.9 Å². The Labute approximate surface area is 165 Å². The van der Waals surface area contributed by atoms with Crippen molar-refractivity contribution in [3.8, 4) is 0 Å².